The highest BCUT2D eigenvalue weighted by molar-refractivity contribution is 6.45. The van der Waals surface area contributed by atoms with Crippen molar-refractivity contribution in [2.24, 2.45) is 0 Å². The normalized spacial score (nSPS) is 21.0. The number of aliphatic hydroxyl groups is 1. The first-order chi connectivity index (χ1) is 11.0. The van der Waals surface area contributed by atoms with Gasteiger partial charge in [-0.3, -0.25) is 4.79 Å². The number of hydrogen-bond donors (Lipinski definition) is 4. The van der Waals surface area contributed by atoms with Crippen LogP contribution >= 0.6 is 23.2 Å². The Labute approximate surface area is 144 Å². The molecule has 0 aliphatic carbocycles. The van der Waals surface area contributed by atoms with E-state index in [1.165, 1.54) is 0 Å². The predicted molar refractivity (Wildman–Crippen MR) is 93.7 cm³/mol. The minimum absolute atomic E-state index is 0.000788. The standard InChI is InChI=1S/C16H19Cl2N3O2/c1-7-6-20-16(23)8(2)11-12-10(19-3-4-22)5-9(17)13(18)15(12)21-14(7)11/h5,7-8,19,21-22H,3-4,6H2,1-2H3,(H,20,23)/t7-,8-/m0/s1. The molecule has 1 aromatic carbocycles. The molecule has 2 aromatic rings. The fourth-order valence-corrected chi connectivity index (χ4v) is 3.57. The lowest BCUT2D eigenvalue weighted by atomic mass is 9.93. The van der Waals surface area contributed by atoms with Gasteiger partial charge in [0.1, 0.15) is 0 Å². The average molecular weight is 356 g/mol. The number of aromatic amines is 1. The van der Waals surface area contributed by atoms with Gasteiger partial charge in [0, 0.05) is 35.8 Å². The number of amides is 1. The zero-order valence-electron chi connectivity index (χ0n) is 13.0. The van der Waals surface area contributed by atoms with Gasteiger partial charge in [0.15, 0.2) is 0 Å². The van der Waals surface area contributed by atoms with Crippen molar-refractivity contribution in [3.05, 3.63) is 27.4 Å². The number of aliphatic hydroxyl groups excluding tert-OH is 1. The number of H-pyrrole nitrogens is 1. The summed E-state index contributed by atoms with van der Waals surface area (Å²) in [5.74, 6) is -0.155. The largest absolute Gasteiger partial charge is 0.395 e. The summed E-state index contributed by atoms with van der Waals surface area (Å²) < 4.78 is 0. The Hall–Kier alpha value is -1.43. The second-order valence-electron chi connectivity index (χ2n) is 5.94. The summed E-state index contributed by atoms with van der Waals surface area (Å²) >= 11 is 12.6. The summed E-state index contributed by atoms with van der Waals surface area (Å²) in [5.41, 5.74) is 3.45. The van der Waals surface area contributed by atoms with Crippen LogP contribution in [0.3, 0.4) is 0 Å². The predicted octanol–water partition coefficient (Wildman–Crippen LogP) is 3.22. The Morgan fingerprint density at radius 3 is 2.83 bits per heavy atom. The number of benzene rings is 1. The highest BCUT2D eigenvalue weighted by Gasteiger charge is 2.31. The van der Waals surface area contributed by atoms with Crippen LogP contribution in [0.15, 0.2) is 6.07 Å². The lowest BCUT2D eigenvalue weighted by Gasteiger charge is -2.13. The lowest BCUT2D eigenvalue weighted by Crippen LogP contribution is -2.27. The molecule has 4 N–H and O–H groups in total. The maximum Gasteiger partial charge on any atom is 0.227 e. The molecule has 1 amide bonds. The Morgan fingerprint density at radius 2 is 2.13 bits per heavy atom. The Bertz CT molecular complexity index is 773. The molecule has 3 rings (SSSR count). The molecule has 5 nitrogen and oxygen atoms in total. The van der Waals surface area contributed by atoms with Crippen molar-refractivity contribution in [3.63, 3.8) is 0 Å². The fraction of sp³-hybridized carbons (Fsp3) is 0.438. The van der Waals surface area contributed by atoms with E-state index in [1.807, 2.05) is 6.92 Å². The minimum Gasteiger partial charge on any atom is -0.395 e. The van der Waals surface area contributed by atoms with E-state index in [4.69, 9.17) is 28.3 Å². The molecule has 124 valence electrons. The number of anilines is 1. The molecular weight excluding hydrogens is 337 g/mol. The van der Waals surface area contributed by atoms with Crippen molar-refractivity contribution in [1.82, 2.24) is 10.3 Å². The molecule has 0 unspecified atom stereocenters. The number of carbonyl (C=O) groups excluding carboxylic acids is 1. The third-order valence-electron chi connectivity index (χ3n) is 4.37. The molecule has 0 spiro atoms. The second-order valence-corrected chi connectivity index (χ2v) is 6.73. The van der Waals surface area contributed by atoms with Crippen LogP contribution in [0, 0.1) is 0 Å². The first kappa shape index (κ1) is 16.4. The van der Waals surface area contributed by atoms with E-state index in [9.17, 15) is 4.79 Å². The fourth-order valence-electron chi connectivity index (χ4n) is 3.17. The molecular formula is C16H19Cl2N3O2. The maximum atomic E-state index is 12.3. The number of halogens is 2. The molecule has 1 aromatic heterocycles. The zero-order valence-corrected chi connectivity index (χ0v) is 14.5. The van der Waals surface area contributed by atoms with Gasteiger partial charge in [-0.25, -0.2) is 0 Å². The first-order valence-corrected chi connectivity index (χ1v) is 8.37. The highest BCUT2D eigenvalue weighted by Crippen LogP contribution is 2.43. The highest BCUT2D eigenvalue weighted by atomic mass is 35.5. The molecule has 0 saturated heterocycles. The van der Waals surface area contributed by atoms with Gasteiger partial charge in [-0.2, -0.15) is 0 Å². The Balaban J connectivity index is 2.33. The molecule has 0 bridgehead atoms. The third kappa shape index (κ3) is 2.67. The van der Waals surface area contributed by atoms with Gasteiger partial charge in [-0.05, 0) is 18.6 Å². The molecule has 2 heterocycles. The van der Waals surface area contributed by atoms with Crippen LogP contribution in [0.5, 0.6) is 0 Å². The van der Waals surface area contributed by atoms with Crippen LogP contribution < -0.4 is 10.6 Å². The average Bonchev–Trinajstić information content (AvgIpc) is 2.90. The van der Waals surface area contributed by atoms with Gasteiger partial charge >= 0.3 is 0 Å². The van der Waals surface area contributed by atoms with Gasteiger partial charge in [-0.1, -0.05) is 30.1 Å². The van der Waals surface area contributed by atoms with Gasteiger partial charge in [0.2, 0.25) is 5.91 Å². The van der Waals surface area contributed by atoms with Gasteiger partial charge in [0.05, 0.1) is 28.1 Å². The van der Waals surface area contributed by atoms with Crippen molar-refractivity contribution in [3.8, 4) is 0 Å². The Kier molecular flexibility index (Phi) is 4.45. The van der Waals surface area contributed by atoms with Crippen molar-refractivity contribution < 1.29 is 9.90 Å². The summed E-state index contributed by atoms with van der Waals surface area (Å²) in [6.45, 7) is 4.92. The number of aromatic nitrogens is 1. The number of nitrogens with one attached hydrogen (secondary N) is 3. The molecule has 2 atom stereocenters. The number of fused-ring (bicyclic) bond motifs is 3. The van der Waals surface area contributed by atoms with E-state index in [-0.39, 0.29) is 24.3 Å². The molecule has 1 aliphatic heterocycles. The molecule has 7 heteroatoms. The van der Waals surface area contributed by atoms with Crippen molar-refractivity contribution >= 4 is 45.7 Å². The van der Waals surface area contributed by atoms with E-state index >= 15 is 0 Å². The molecule has 23 heavy (non-hydrogen) atoms. The third-order valence-corrected chi connectivity index (χ3v) is 5.15. The molecule has 0 radical (unpaired) electrons. The number of carbonyl (C=O) groups is 1. The van der Waals surface area contributed by atoms with Gasteiger partial charge in [0.25, 0.3) is 0 Å². The van der Waals surface area contributed by atoms with Crippen molar-refractivity contribution in [2.75, 3.05) is 25.0 Å². The topological polar surface area (TPSA) is 77.2 Å². The zero-order chi connectivity index (χ0) is 16.7. The van der Waals surface area contributed by atoms with E-state index < -0.39 is 0 Å². The van der Waals surface area contributed by atoms with E-state index in [0.29, 0.717) is 23.1 Å². The van der Waals surface area contributed by atoms with Gasteiger partial charge < -0.3 is 20.7 Å². The minimum atomic E-state index is -0.296. The summed E-state index contributed by atoms with van der Waals surface area (Å²) in [5, 5.41) is 17.0. The SMILES string of the molecule is C[C@@H]1C(=O)NC[C@H](C)c2[nH]c3c(Cl)c(Cl)cc(NCCO)c3c21. The first-order valence-electron chi connectivity index (χ1n) is 7.61. The van der Waals surface area contributed by atoms with Crippen LogP contribution in [0.2, 0.25) is 10.0 Å². The van der Waals surface area contributed by atoms with Crippen LogP contribution in [-0.2, 0) is 4.79 Å². The lowest BCUT2D eigenvalue weighted by molar-refractivity contribution is -0.122. The van der Waals surface area contributed by atoms with E-state index in [1.54, 1.807) is 6.07 Å². The molecule has 0 fully saturated rings. The summed E-state index contributed by atoms with van der Waals surface area (Å²) in [6, 6.07) is 1.75. The second kappa shape index (κ2) is 6.23. The summed E-state index contributed by atoms with van der Waals surface area (Å²) in [7, 11) is 0. The Morgan fingerprint density at radius 1 is 1.39 bits per heavy atom. The van der Waals surface area contributed by atoms with Crippen LogP contribution in [0.4, 0.5) is 5.69 Å². The quantitative estimate of drug-likeness (QED) is 0.682. The number of hydrogen-bond acceptors (Lipinski definition) is 3. The monoisotopic (exact) mass is 355 g/mol. The van der Waals surface area contributed by atoms with Gasteiger partial charge in [-0.15, -0.1) is 0 Å². The smallest absolute Gasteiger partial charge is 0.227 e. The van der Waals surface area contributed by atoms with Crippen LogP contribution in [-0.4, -0.2) is 35.7 Å². The van der Waals surface area contributed by atoms with Crippen molar-refractivity contribution in [2.45, 2.75) is 25.7 Å². The van der Waals surface area contributed by atoms with Crippen LogP contribution in [0.1, 0.15) is 36.9 Å². The van der Waals surface area contributed by atoms with Crippen molar-refractivity contribution in [1.29, 1.82) is 0 Å². The maximum absolute atomic E-state index is 12.3. The summed E-state index contributed by atoms with van der Waals surface area (Å²) in [4.78, 5) is 15.7. The molecule has 1 aliphatic rings. The van der Waals surface area contributed by atoms with Crippen LogP contribution in [0.25, 0.3) is 10.9 Å². The number of rotatable bonds is 3. The van der Waals surface area contributed by atoms with E-state index in [2.05, 4.69) is 22.5 Å². The van der Waals surface area contributed by atoms with E-state index in [0.717, 1.165) is 27.8 Å². The summed E-state index contributed by atoms with van der Waals surface area (Å²) in [6.07, 6.45) is 0. The molecule has 0 saturated carbocycles.